The van der Waals surface area contributed by atoms with Crippen molar-refractivity contribution in [3.8, 4) is 10.6 Å². The van der Waals surface area contributed by atoms with E-state index < -0.39 is 5.60 Å². The van der Waals surface area contributed by atoms with Gasteiger partial charge in [-0.3, -0.25) is 9.89 Å². The smallest absolute Gasteiger partial charge is 0.410 e. The van der Waals surface area contributed by atoms with Crippen LogP contribution in [0.15, 0.2) is 18.2 Å². The van der Waals surface area contributed by atoms with E-state index in [1.54, 1.807) is 16.2 Å². The maximum Gasteiger partial charge on any atom is 0.410 e. The molecule has 1 aliphatic rings. The number of hydrogen-bond donors (Lipinski definition) is 2. The summed E-state index contributed by atoms with van der Waals surface area (Å²) in [6.07, 6.45) is 0.245. The van der Waals surface area contributed by atoms with Gasteiger partial charge in [-0.15, -0.1) is 11.3 Å². The Morgan fingerprint density at radius 2 is 2.15 bits per heavy atom. The van der Waals surface area contributed by atoms with Crippen molar-refractivity contribution < 1.29 is 14.3 Å². The zero-order valence-corrected chi connectivity index (χ0v) is 16.3. The van der Waals surface area contributed by atoms with Crippen molar-refractivity contribution in [2.24, 2.45) is 5.92 Å². The first-order valence-electron chi connectivity index (χ1n) is 8.62. The Labute approximate surface area is 156 Å². The molecule has 1 unspecified atom stereocenters. The Hall–Kier alpha value is -2.35. The number of anilines is 1. The summed E-state index contributed by atoms with van der Waals surface area (Å²) in [6.45, 7) is 8.42. The number of carbonyl (C=O) groups excluding carboxylic acids is 2. The van der Waals surface area contributed by atoms with Crippen LogP contribution in [-0.2, 0) is 9.53 Å². The number of aromatic nitrogens is 2. The first-order chi connectivity index (χ1) is 12.2. The van der Waals surface area contributed by atoms with E-state index >= 15 is 0 Å². The van der Waals surface area contributed by atoms with Crippen molar-refractivity contribution in [3.63, 3.8) is 0 Å². The van der Waals surface area contributed by atoms with Gasteiger partial charge in [0.1, 0.15) is 5.60 Å². The van der Waals surface area contributed by atoms with Gasteiger partial charge >= 0.3 is 6.09 Å². The van der Waals surface area contributed by atoms with Gasteiger partial charge in [0.2, 0.25) is 5.91 Å². The molecule has 8 heteroatoms. The molecular weight excluding hydrogens is 352 g/mol. The number of thiophene rings is 1. The normalized spacial score (nSPS) is 17.4. The highest BCUT2D eigenvalue weighted by Gasteiger charge is 2.33. The van der Waals surface area contributed by atoms with E-state index in [9.17, 15) is 9.59 Å². The molecule has 2 N–H and O–H groups in total. The van der Waals surface area contributed by atoms with Crippen LogP contribution in [0, 0.1) is 12.8 Å². The summed E-state index contributed by atoms with van der Waals surface area (Å²) < 4.78 is 5.36. The Morgan fingerprint density at radius 1 is 1.38 bits per heavy atom. The van der Waals surface area contributed by atoms with E-state index in [1.807, 2.05) is 45.9 Å². The van der Waals surface area contributed by atoms with E-state index in [1.165, 1.54) is 4.88 Å². The van der Waals surface area contributed by atoms with Gasteiger partial charge in [-0.1, -0.05) is 0 Å². The van der Waals surface area contributed by atoms with Crippen LogP contribution in [0.1, 0.15) is 32.1 Å². The Bertz CT molecular complexity index is 805. The molecule has 1 aliphatic heterocycles. The van der Waals surface area contributed by atoms with Gasteiger partial charge in [-0.25, -0.2) is 4.79 Å². The number of amides is 2. The number of nitrogens with one attached hydrogen (secondary N) is 2. The largest absolute Gasteiger partial charge is 0.444 e. The molecule has 3 rings (SSSR count). The maximum atomic E-state index is 12.5. The summed E-state index contributed by atoms with van der Waals surface area (Å²) in [6, 6.07) is 5.89. The van der Waals surface area contributed by atoms with Crippen LogP contribution in [0.2, 0.25) is 0 Å². The molecule has 0 saturated carbocycles. The monoisotopic (exact) mass is 376 g/mol. The van der Waals surface area contributed by atoms with Crippen LogP contribution in [0.5, 0.6) is 0 Å². The number of carbonyl (C=O) groups is 2. The lowest BCUT2D eigenvalue weighted by Crippen LogP contribution is -2.36. The van der Waals surface area contributed by atoms with Gasteiger partial charge in [0.15, 0.2) is 5.82 Å². The van der Waals surface area contributed by atoms with Crippen molar-refractivity contribution in [2.45, 2.75) is 39.7 Å². The minimum absolute atomic E-state index is 0.128. The predicted molar refractivity (Wildman–Crippen MR) is 101 cm³/mol. The molecular formula is C18H24N4O3S. The number of nitrogens with zero attached hydrogens (tertiary/aromatic N) is 2. The average Bonchev–Trinajstić information content (AvgIpc) is 3.24. The third-order valence-electron chi connectivity index (χ3n) is 4.05. The van der Waals surface area contributed by atoms with Gasteiger partial charge in [-0.2, -0.15) is 5.10 Å². The van der Waals surface area contributed by atoms with E-state index in [4.69, 9.17) is 4.74 Å². The predicted octanol–water partition coefficient (Wildman–Crippen LogP) is 3.64. The number of likely N-dealkylation sites (tertiary alicyclic amines) is 1. The van der Waals surface area contributed by atoms with Crippen molar-refractivity contribution in [1.29, 1.82) is 0 Å². The molecule has 2 amide bonds. The van der Waals surface area contributed by atoms with E-state index in [0.29, 0.717) is 25.3 Å². The number of hydrogen-bond acceptors (Lipinski definition) is 5. The number of H-pyrrole nitrogens is 1. The van der Waals surface area contributed by atoms with Gasteiger partial charge in [0.25, 0.3) is 0 Å². The molecule has 0 bridgehead atoms. The zero-order valence-electron chi connectivity index (χ0n) is 15.5. The highest BCUT2D eigenvalue weighted by Crippen LogP contribution is 2.28. The van der Waals surface area contributed by atoms with Crippen molar-refractivity contribution in [3.05, 3.63) is 23.1 Å². The highest BCUT2D eigenvalue weighted by molar-refractivity contribution is 7.15. The molecule has 2 aromatic heterocycles. The summed E-state index contributed by atoms with van der Waals surface area (Å²) in [7, 11) is 0. The lowest BCUT2D eigenvalue weighted by molar-refractivity contribution is -0.119. The minimum atomic E-state index is -0.539. The molecule has 3 heterocycles. The number of ether oxygens (including phenoxy) is 1. The maximum absolute atomic E-state index is 12.5. The SMILES string of the molecule is Cc1ccc(-c2cc(NC(=O)C3CCN(C(=O)OC(C)(C)C)C3)n[nH]2)s1. The van der Waals surface area contributed by atoms with Gasteiger partial charge in [0, 0.05) is 24.0 Å². The first kappa shape index (κ1) is 18.4. The van der Waals surface area contributed by atoms with Gasteiger partial charge < -0.3 is 15.0 Å². The lowest BCUT2D eigenvalue weighted by atomic mass is 10.1. The second kappa shape index (κ2) is 7.11. The molecule has 2 aromatic rings. The third kappa shape index (κ3) is 4.43. The summed E-state index contributed by atoms with van der Waals surface area (Å²) >= 11 is 1.66. The quantitative estimate of drug-likeness (QED) is 0.856. The Kier molecular flexibility index (Phi) is 5.04. The topological polar surface area (TPSA) is 87.3 Å². The Morgan fingerprint density at radius 3 is 2.81 bits per heavy atom. The summed E-state index contributed by atoms with van der Waals surface area (Å²) in [5.41, 5.74) is 0.337. The van der Waals surface area contributed by atoms with Crippen LogP contribution < -0.4 is 5.32 Å². The van der Waals surface area contributed by atoms with E-state index in [0.717, 1.165) is 10.6 Å². The molecule has 26 heavy (non-hydrogen) atoms. The molecule has 7 nitrogen and oxygen atoms in total. The Balaban J connectivity index is 1.56. The van der Waals surface area contributed by atoms with Crippen molar-refractivity contribution >= 4 is 29.2 Å². The van der Waals surface area contributed by atoms with Crippen molar-refractivity contribution in [2.75, 3.05) is 18.4 Å². The van der Waals surface area contributed by atoms with E-state index in [-0.39, 0.29) is 17.9 Å². The third-order valence-corrected chi connectivity index (χ3v) is 5.08. The molecule has 0 spiro atoms. The molecule has 140 valence electrons. The molecule has 1 atom stereocenters. The molecule has 1 fully saturated rings. The molecule has 0 aliphatic carbocycles. The summed E-state index contributed by atoms with van der Waals surface area (Å²) in [5.74, 6) is 0.106. The average molecular weight is 376 g/mol. The van der Waals surface area contributed by atoms with E-state index in [2.05, 4.69) is 15.5 Å². The number of aromatic amines is 1. The summed E-state index contributed by atoms with van der Waals surface area (Å²) in [4.78, 5) is 28.5. The lowest BCUT2D eigenvalue weighted by Gasteiger charge is -2.24. The van der Waals surface area contributed by atoms with Crippen LogP contribution in [0.4, 0.5) is 10.6 Å². The second-order valence-corrected chi connectivity index (χ2v) is 8.77. The minimum Gasteiger partial charge on any atom is -0.444 e. The summed E-state index contributed by atoms with van der Waals surface area (Å²) in [5, 5.41) is 9.94. The fraction of sp³-hybridized carbons (Fsp3) is 0.500. The molecule has 0 aromatic carbocycles. The molecule has 0 radical (unpaired) electrons. The molecule has 1 saturated heterocycles. The fourth-order valence-electron chi connectivity index (χ4n) is 2.79. The standard InChI is InChI=1S/C18H24N4O3S/c1-11-5-6-14(26-11)13-9-15(21-20-13)19-16(23)12-7-8-22(10-12)17(24)25-18(2,3)4/h5-6,9,12H,7-8,10H2,1-4H3,(H2,19,20,21,23). The van der Waals surface area contributed by atoms with Gasteiger partial charge in [0.05, 0.1) is 16.5 Å². The first-order valence-corrected chi connectivity index (χ1v) is 9.44. The van der Waals surface area contributed by atoms with Gasteiger partial charge in [-0.05, 0) is 46.2 Å². The van der Waals surface area contributed by atoms with Crippen LogP contribution in [0.25, 0.3) is 10.6 Å². The van der Waals surface area contributed by atoms with Crippen LogP contribution >= 0.6 is 11.3 Å². The zero-order chi connectivity index (χ0) is 18.9. The second-order valence-electron chi connectivity index (χ2n) is 7.48. The fourth-order valence-corrected chi connectivity index (χ4v) is 3.62. The van der Waals surface area contributed by atoms with Crippen molar-refractivity contribution in [1.82, 2.24) is 15.1 Å². The number of rotatable bonds is 3. The highest BCUT2D eigenvalue weighted by atomic mass is 32.1. The number of aryl methyl sites for hydroxylation is 1. The van der Waals surface area contributed by atoms with Crippen LogP contribution in [-0.4, -0.2) is 45.8 Å². The van der Waals surface area contributed by atoms with Crippen LogP contribution in [0.3, 0.4) is 0 Å².